The van der Waals surface area contributed by atoms with Gasteiger partial charge in [-0.1, -0.05) is 60.8 Å². The molecular weight excluding hydrogens is 420 g/mol. The summed E-state index contributed by atoms with van der Waals surface area (Å²) in [5.41, 5.74) is -0.624. The molecule has 0 heterocycles. The second-order valence-corrected chi connectivity index (χ2v) is 10.7. The predicted octanol–water partition coefficient (Wildman–Crippen LogP) is 6.72. The first-order chi connectivity index (χ1) is 15.4. The molecule has 0 radical (unpaired) electrons. The third-order valence-corrected chi connectivity index (χ3v) is 9.56. The van der Waals surface area contributed by atoms with Gasteiger partial charge in [0.1, 0.15) is 0 Å². The van der Waals surface area contributed by atoms with E-state index in [4.69, 9.17) is 0 Å². The van der Waals surface area contributed by atoms with Gasteiger partial charge in [-0.05, 0) is 72.5 Å². The highest BCUT2D eigenvalue weighted by atomic mass is 16.4. The summed E-state index contributed by atoms with van der Waals surface area (Å²) >= 11 is 0. The topological polar surface area (TPSA) is 112 Å². The number of carbonyl (C=O) groups is 3. The van der Waals surface area contributed by atoms with Crippen LogP contribution in [-0.4, -0.2) is 33.2 Å². The minimum atomic E-state index is -0.815. The van der Waals surface area contributed by atoms with Crippen LogP contribution in [0.2, 0.25) is 0 Å². The number of hydrogen-bond acceptors (Lipinski definition) is 3. The third kappa shape index (κ3) is 6.30. The van der Waals surface area contributed by atoms with Gasteiger partial charge < -0.3 is 15.3 Å². The van der Waals surface area contributed by atoms with Crippen molar-refractivity contribution < 1.29 is 29.7 Å². The van der Waals surface area contributed by atoms with Crippen molar-refractivity contribution in [2.75, 3.05) is 0 Å². The third-order valence-electron chi connectivity index (χ3n) is 9.56. The molecule has 1 aliphatic rings. The predicted molar refractivity (Wildman–Crippen MR) is 130 cm³/mol. The Morgan fingerprint density at radius 3 is 1.76 bits per heavy atom. The molecule has 0 aromatic carbocycles. The van der Waals surface area contributed by atoms with Gasteiger partial charge in [-0.15, -0.1) is 0 Å². The highest BCUT2D eigenvalue weighted by molar-refractivity contribution is 5.67. The van der Waals surface area contributed by atoms with Gasteiger partial charge in [0.15, 0.2) is 0 Å². The summed E-state index contributed by atoms with van der Waals surface area (Å²) in [7, 11) is 0. The van der Waals surface area contributed by atoms with Gasteiger partial charge in [0.25, 0.3) is 0 Å². The van der Waals surface area contributed by atoms with Crippen LogP contribution in [0.25, 0.3) is 0 Å². The second-order valence-electron chi connectivity index (χ2n) is 10.7. The highest BCUT2D eigenvalue weighted by Crippen LogP contribution is 2.69. The van der Waals surface area contributed by atoms with Crippen LogP contribution in [0.4, 0.5) is 0 Å². The van der Waals surface area contributed by atoms with Crippen molar-refractivity contribution in [2.24, 2.45) is 40.4 Å². The zero-order valence-electron chi connectivity index (χ0n) is 21.7. The number of hydrogen-bond donors (Lipinski definition) is 3. The van der Waals surface area contributed by atoms with Crippen LogP contribution in [0.3, 0.4) is 0 Å². The van der Waals surface area contributed by atoms with Crippen LogP contribution in [0.15, 0.2) is 0 Å². The summed E-state index contributed by atoms with van der Waals surface area (Å²) in [6.45, 7) is 13.2. The molecule has 0 aromatic heterocycles. The Hall–Kier alpha value is -1.59. The maximum absolute atomic E-state index is 11.9. The summed E-state index contributed by atoms with van der Waals surface area (Å²) < 4.78 is 0. The zero-order chi connectivity index (χ0) is 25.4. The molecule has 0 bridgehead atoms. The van der Waals surface area contributed by atoms with Crippen LogP contribution >= 0.6 is 0 Å². The lowest BCUT2D eigenvalue weighted by molar-refractivity contribution is -0.190. The molecule has 0 spiro atoms. The summed E-state index contributed by atoms with van der Waals surface area (Å²) in [5.74, 6) is -1.25. The number of rotatable bonds is 15. The van der Waals surface area contributed by atoms with Crippen molar-refractivity contribution in [3.05, 3.63) is 0 Å². The first-order valence-corrected chi connectivity index (χ1v) is 13.1. The van der Waals surface area contributed by atoms with Crippen LogP contribution in [0.1, 0.15) is 112 Å². The van der Waals surface area contributed by atoms with E-state index in [1.165, 1.54) is 0 Å². The van der Waals surface area contributed by atoms with Crippen LogP contribution in [0.5, 0.6) is 0 Å². The quantitative estimate of drug-likeness (QED) is 0.246. The first kappa shape index (κ1) is 29.4. The average Bonchev–Trinajstić information content (AvgIpc) is 2.78. The van der Waals surface area contributed by atoms with E-state index in [-0.39, 0.29) is 53.8 Å². The molecule has 7 atom stereocenters. The van der Waals surface area contributed by atoms with Crippen molar-refractivity contribution >= 4 is 17.9 Å². The monoisotopic (exact) mass is 468 g/mol. The fourth-order valence-electron chi connectivity index (χ4n) is 7.66. The van der Waals surface area contributed by atoms with Gasteiger partial charge in [-0.2, -0.15) is 0 Å². The Balaban J connectivity index is 3.87. The summed E-state index contributed by atoms with van der Waals surface area (Å²) in [4.78, 5) is 35.1. The van der Waals surface area contributed by atoms with E-state index >= 15 is 0 Å². The maximum Gasteiger partial charge on any atom is 0.303 e. The van der Waals surface area contributed by atoms with E-state index in [0.29, 0.717) is 25.2 Å². The summed E-state index contributed by atoms with van der Waals surface area (Å²) in [5, 5.41) is 28.8. The largest absolute Gasteiger partial charge is 0.481 e. The van der Waals surface area contributed by atoms with E-state index in [1.807, 2.05) is 0 Å². The number of carboxylic acid groups (broad SMARTS) is 3. The van der Waals surface area contributed by atoms with Gasteiger partial charge in [0.2, 0.25) is 0 Å². The Labute approximate surface area is 200 Å². The van der Waals surface area contributed by atoms with Crippen molar-refractivity contribution in [2.45, 2.75) is 112 Å². The van der Waals surface area contributed by atoms with Gasteiger partial charge in [-0.25, -0.2) is 0 Å². The lowest BCUT2D eigenvalue weighted by Crippen LogP contribution is -2.60. The smallest absolute Gasteiger partial charge is 0.303 e. The molecule has 0 amide bonds. The van der Waals surface area contributed by atoms with E-state index in [2.05, 4.69) is 41.5 Å². The maximum atomic E-state index is 11.9. The first-order valence-electron chi connectivity index (χ1n) is 13.1. The summed E-state index contributed by atoms with van der Waals surface area (Å²) in [6.07, 6.45) is 6.44. The van der Waals surface area contributed by atoms with Crippen LogP contribution < -0.4 is 0 Å². The molecule has 1 fully saturated rings. The molecule has 6 nitrogen and oxygen atoms in total. The minimum absolute atomic E-state index is 0.0637. The molecule has 0 aromatic rings. The molecule has 7 unspecified atom stereocenters. The van der Waals surface area contributed by atoms with Gasteiger partial charge >= 0.3 is 17.9 Å². The Morgan fingerprint density at radius 2 is 1.30 bits per heavy atom. The van der Waals surface area contributed by atoms with Gasteiger partial charge in [0.05, 0.1) is 0 Å². The molecular formula is C27H48O6. The zero-order valence-corrected chi connectivity index (χ0v) is 21.7. The molecule has 1 saturated carbocycles. The summed E-state index contributed by atoms with van der Waals surface area (Å²) in [6, 6.07) is 0. The Morgan fingerprint density at radius 1 is 0.788 bits per heavy atom. The standard InChI is InChI=1S/C27H48O6/c1-7-18(4)25-21(10-11-22(28)29)12-15-26(19(5)8-2,16-13-23(30)31)27(25,20(6)9-3)17-14-24(32)33/h18-21,25H,7-17H2,1-6H3,(H,28,29)(H,30,31)(H,32,33). The molecule has 0 saturated heterocycles. The van der Waals surface area contributed by atoms with E-state index in [1.54, 1.807) is 0 Å². The average molecular weight is 469 g/mol. The molecule has 3 N–H and O–H groups in total. The lowest BCUT2D eigenvalue weighted by Gasteiger charge is -2.67. The van der Waals surface area contributed by atoms with E-state index in [0.717, 1.165) is 32.1 Å². The molecule has 192 valence electrons. The van der Waals surface area contributed by atoms with Crippen LogP contribution in [0, 0.1) is 40.4 Å². The highest BCUT2D eigenvalue weighted by Gasteiger charge is 2.63. The Kier molecular flexibility index (Phi) is 11.4. The number of carboxylic acids is 3. The van der Waals surface area contributed by atoms with E-state index in [9.17, 15) is 29.7 Å². The van der Waals surface area contributed by atoms with Gasteiger partial charge in [-0.3, -0.25) is 14.4 Å². The molecule has 33 heavy (non-hydrogen) atoms. The second kappa shape index (κ2) is 12.8. The lowest BCUT2D eigenvalue weighted by atomic mass is 9.37. The molecule has 1 rings (SSSR count). The normalized spacial score (nSPS) is 30.4. The number of aliphatic carboxylic acids is 3. The minimum Gasteiger partial charge on any atom is -0.481 e. The van der Waals surface area contributed by atoms with E-state index < -0.39 is 17.9 Å². The molecule has 0 aliphatic heterocycles. The SMILES string of the molecule is CCC(C)C1C(CCC(=O)O)CCC(CCC(=O)O)(C(C)CC)C1(CCC(=O)O)C(C)CC. The van der Waals surface area contributed by atoms with Crippen molar-refractivity contribution in [1.29, 1.82) is 0 Å². The van der Waals surface area contributed by atoms with Crippen LogP contribution in [-0.2, 0) is 14.4 Å². The van der Waals surface area contributed by atoms with Crippen molar-refractivity contribution in [1.82, 2.24) is 0 Å². The van der Waals surface area contributed by atoms with Crippen molar-refractivity contribution in [3.63, 3.8) is 0 Å². The Bertz CT molecular complexity index is 661. The fourth-order valence-corrected chi connectivity index (χ4v) is 7.66. The van der Waals surface area contributed by atoms with Crippen molar-refractivity contribution in [3.8, 4) is 0 Å². The molecule has 1 aliphatic carbocycles. The fraction of sp³-hybridized carbons (Fsp3) is 0.889. The van der Waals surface area contributed by atoms with Gasteiger partial charge in [0, 0.05) is 19.3 Å². The molecule has 6 heteroatoms.